The highest BCUT2D eigenvalue weighted by molar-refractivity contribution is 7.89. The van der Waals surface area contributed by atoms with Crippen LogP contribution in [0, 0.1) is 0 Å². The van der Waals surface area contributed by atoms with Crippen LogP contribution >= 0.6 is 0 Å². The molecule has 1 fully saturated rings. The molecule has 0 radical (unpaired) electrons. The van der Waals surface area contributed by atoms with Crippen LogP contribution in [0.3, 0.4) is 0 Å². The number of nitrogens with one attached hydrogen (secondary N) is 2. The minimum Gasteiger partial charge on any atom is -0.354 e. The van der Waals surface area contributed by atoms with Gasteiger partial charge in [-0.25, -0.2) is 8.42 Å². The number of rotatable bonds is 5. The van der Waals surface area contributed by atoms with Crippen molar-refractivity contribution >= 4 is 15.9 Å². The third-order valence-electron chi connectivity index (χ3n) is 3.51. The normalized spacial score (nSPS) is 18.3. The monoisotopic (exact) mass is 311 g/mol. The summed E-state index contributed by atoms with van der Waals surface area (Å²) in [6, 6.07) is 6.96. The Morgan fingerprint density at radius 3 is 2.86 bits per heavy atom. The highest BCUT2D eigenvalue weighted by atomic mass is 32.2. The molecular weight excluding hydrogens is 290 g/mol. The van der Waals surface area contributed by atoms with Gasteiger partial charge in [0.25, 0.3) is 0 Å². The van der Waals surface area contributed by atoms with E-state index in [2.05, 4.69) is 10.6 Å². The van der Waals surface area contributed by atoms with Gasteiger partial charge in [-0.15, -0.1) is 0 Å². The molecule has 2 rings (SSSR count). The number of amides is 1. The molecule has 7 heteroatoms. The largest absolute Gasteiger partial charge is 0.354 e. The number of nitrogens with zero attached hydrogens (tertiary/aromatic N) is 1. The second kappa shape index (κ2) is 6.55. The van der Waals surface area contributed by atoms with E-state index in [0.717, 1.165) is 12.1 Å². The van der Waals surface area contributed by atoms with Crippen LogP contribution in [0.25, 0.3) is 0 Å². The topological polar surface area (TPSA) is 78.5 Å². The van der Waals surface area contributed by atoms with E-state index < -0.39 is 10.0 Å². The zero-order chi connectivity index (χ0) is 15.5. The zero-order valence-electron chi connectivity index (χ0n) is 12.3. The Labute approximate surface area is 125 Å². The lowest BCUT2D eigenvalue weighted by molar-refractivity contribution is -0.122. The van der Waals surface area contributed by atoms with E-state index in [-0.39, 0.29) is 23.4 Å². The van der Waals surface area contributed by atoms with E-state index in [1.807, 2.05) is 19.9 Å². The quantitative estimate of drug-likeness (QED) is 0.829. The zero-order valence-corrected chi connectivity index (χ0v) is 13.1. The van der Waals surface area contributed by atoms with E-state index in [4.69, 9.17) is 0 Å². The maximum Gasteiger partial charge on any atom is 0.243 e. The molecule has 1 aromatic carbocycles. The Balaban J connectivity index is 2.27. The van der Waals surface area contributed by atoms with Gasteiger partial charge in [-0.05, 0) is 31.2 Å². The van der Waals surface area contributed by atoms with Crippen molar-refractivity contribution in [3.63, 3.8) is 0 Å². The summed E-state index contributed by atoms with van der Waals surface area (Å²) in [6.45, 7) is 5.35. The molecule has 1 aliphatic rings. The van der Waals surface area contributed by atoms with Gasteiger partial charge in [0.2, 0.25) is 15.9 Å². The molecule has 1 atom stereocenters. The summed E-state index contributed by atoms with van der Waals surface area (Å²) >= 11 is 0. The number of sulfonamides is 1. The van der Waals surface area contributed by atoms with Gasteiger partial charge in [0, 0.05) is 19.1 Å². The third kappa shape index (κ3) is 3.61. The molecule has 1 amide bonds. The van der Waals surface area contributed by atoms with Crippen LogP contribution in [0.5, 0.6) is 0 Å². The Morgan fingerprint density at radius 2 is 2.19 bits per heavy atom. The molecule has 1 saturated heterocycles. The van der Waals surface area contributed by atoms with E-state index in [1.54, 1.807) is 18.2 Å². The molecule has 1 unspecified atom stereocenters. The van der Waals surface area contributed by atoms with Gasteiger partial charge in [-0.3, -0.25) is 4.79 Å². The van der Waals surface area contributed by atoms with Crippen LogP contribution in [0.4, 0.5) is 0 Å². The number of hydrogen-bond donors (Lipinski definition) is 2. The molecule has 6 nitrogen and oxygen atoms in total. The van der Waals surface area contributed by atoms with Gasteiger partial charge in [0.15, 0.2) is 0 Å². The van der Waals surface area contributed by atoms with Crippen molar-refractivity contribution in [3.05, 3.63) is 29.8 Å². The molecule has 0 aliphatic carbocycles. The van der Waals surface area contributed by atoms with Crippen LogP contribution in [0.15, 0.2) is 29.2 Å². The first-order valence-electron chi connectivity index (χ1n) is 7.05. The van der Waals surface area contributed by atoms with Crippen molar-refractivity contribution < 1.29 is 13.2 Å². The van der Waals surface area contributed by atoms with Crippen molar-refractivity contribution in [1.29, 1.82) is 0 Å². The standard InChI is InChI=1S/C14H21N3O3S/c1-3-15-11(2)12-5-4-6-13(9-12)21(19,20)17-8-7-16-14(18)10-17/h4-6,9,11,15H,3,7-8,10H2,1-2H3,(H,16,18). The predicted octanol–water partition coefficient (Wildman–Crippen LogP) is 0.478. The molecule has 0 spiro atoms. The van der Waals surface area contributed by atoms with Gasteiger partial charge in [-0.2, -0.15) is 4.31 Å². The lowest BCUT2D eigenvalue weighted by atomic mass is 10.1. The van der Waals surface area contributed by atoms with Crippen molar-refractivity contribution in [3.8, 4) is 0 Å². The van der Waals surface area contributed by atoms with Crippen LogP contribution in [0.1, 0.15) is 25.5 Å². The lowest BCUT2D eigenvalue weighted by Crippen LogP contribution is -2.49. The summed E-state index contributed by atoms with van der Waals surface area (Å²) < 4.78 is 26.4. The Morgan fingerprint density at radius 1 is 1.43 bits per heavy atom. The van der Waals surface area contributed by atoms with E-state index in [1.165, 1.54) is 4.31 Å². The highest BCUT2D eigenvalue weighted by Crippen LogP contribution is 2.21. The first kappa shape index (κ1) is 15.9. The van der Waals surface area contributed by atoms with Gasteiger partial charge < -0.3 is 10.6 Å². The van der Waals surface area contributed by atoms with Gasteiger partial charge in [0.1, 0.15) is 0 Å². The number of piperazine rings is 1. The van der Waals surface area contributed by atoms with E-state index in [0.29, 0.717) is 13.1 Å². The second-order valence-corrected chi connectivity index (χ2v) is 6.98. The van der Waals surface area contributed by atoms with Crippen molar-refractivity contribution in [2.45, 2.75) is 24.8 Å². The summed E-state index contributed by atoms with van der Waals surface area (Å²) in [4.78, 5) is 11.6. The minimum atomic E-state index is -3.62. The van der Waals surface area contributed by atoms with E-state index >= 15 is 0 Å². The Bertz CT molecular complexity index is 616. The average molecular weight is 311 g/mol. The second-order valence-electron chi connectivity index (χ2n) is 5.04. The number of benzene rings is 1. The molecule has 116 valence electrons. The molecule has 0 saturated carbocycles. The van der Waals surface area contributed by atoms with Crippen molar-refractivity contribution in [1.82, 2.24) is 14.9 Å². The van der Waals surface area contributed by atoms with Crippen molar-refractivity contribution in [2.24, 2.45) is 0 Å². The van der Waals surface area contributed by atoms with Gasteiger partial charge in [-0.1, -0.05) is 19.1 Å². The third-order valence-corrected chi connectivity index (χ3v) is 5.35. The summed E-state index contributed by atoms with van der Waals surface area (Å²) in [5, 5.41) is 5.88. The SMILES string of the molecule is CCNC(C)c1cccc(S(=O)(=O)N2CCNC(=O)C2)c1. The summed E-state index contributed by atoms with van der Waals surface area (Å²) in [5.74, 6) is -0.262. The van der Waals surface area contributed by atoms with Crippen LogP contribution < -0.4 is 10.6 Å². The molecule has 0 aromatic heterocycles. The van der Waals surface area contributed by atoms with Crippen LogP contribution in [-0.2, 0) is 14.8 Å². The van der Waals surface area contributed by atoms with Gasteiger partial charge in [0.05, 0.1) is 11.4 Å². The maximum atomic E-state index is 12.6. The Hall–Kier alpha value is -1.44. The number of carbonyl (C=O) groups is 1. The first-order chi connectivity index (χ1) is 9.95. The predicted molar refractivity (Wildman–Crippen MR) is 80.3 cm³/mol. The maximum absolute atomic E-state index is 12.6. The van der Waals surface area contributed by atoms with Crippen molar-refractivity contribution in [2.75, 3.05) is 26.2 Å². The molecule has 0 bridgehead atoms. The lowest BCUT2D eigenvalue weighted by Gasteiger charge is -2.26. The van der Waals surface area contributed by atoms with Crippen LogP contribution in [-0.4, -0.2) is 44.8 Å². The average Bonchev–Trinajstić information content (AvgIpc) is 2.47. The molecule has 21 heavy (non-hydrogen) atoms. The van der Waals surface area contributed by atoms with E-state index in [9.17, 15) is 13.2 Å². The van der Waals surface area contributed by atoms with Gasteiger partial charge >= 0.3 is 0 Å². The number of hydrogen-bond acceptors (Lipinski definition) is 4. The minimum absolute atomic E-state index is 0.0785. The first-order valence-corrected chi connectivity index (χ1v) is 8.49. The summed E-state index contributed by atoms with van der Waals surface area (Å²) in [7, 11) is -3.62. The Kier molecular flexibility index (Phi) is 4.97. The molecule has 1 aromatic rings. The molecular formula is C14H21N3O3S. The molecule has 1 aliphatic heterocycles. The fourth-order valence-corrected chi connectivity index (χ4v) is 3.79. The van der Waals surface area contributed by atoms with Crippen LogP contribution in [0.2, 0.25) is 0 Å². The summed E-state index contributed by atoms with van der Waals surface area (Å²) in [6.07, 6.45) is 0. The number of carbonyl (C=O) groups excluding carboxylic acids is 1. The summed E-state index contributed by atoms with van der Waals surface area (Å²) in [5.41, 5.74) is 0.916. The molecule has 2 N–H and O–H groups in total. The fourth-order valence-electron chi connectivity index (χ4n) is 2.34. The highest BCUT2D eigenvalue weighted by Gasteiger charge is 2.29. The smallest absolute Gasteiger partial charge is 0.243 e. The fraction of sp³-hybridized carbons (Fsp3) is 0.500. The molecule has 1 heterocycles.